The molecule has 0 unspecified atom stereocenters. The minimum Gasteiger partial charge on any atom is -0.389 e. The fourth-order valence-corrected chi connectivity index (χ4v) is 4.03. The lowest BCUT2D eigenvalue weighted by Crippen LogP contribution is -2.53. The number of aromatic amines is 1. The van der Waals surface area contributed by atoms with E-state index >= 15 is 0 Å². The lowest BCUT2D eigenvalue weighted by molar-refractivity contribution is -0.131. The second-order valence-corrected chi connectivity index (χ2v) is 8.89. The summed E-state index contributed by atoms with van der Waals surface area (Å²) in [5, 5.41) is 17.3. The number of halogens is 2. The number of carbonyl (C=O) groups excluding carboxylic acids is 4. The number of rotatable bonds is 10. The molecule has 184 valence electrons. The minimum absolute atomic E-state index is 0.0158. The summed E-state index contributed by atoms with van der Waals surface area (Å²) < 4.78 is 27.5. The Morgan fingerprint density at radius 1 is 1.15 bits per heavy atom. The molecule has 1 aliphatic heterocycles. The smallest absolute Gasteiger partial charge is 0.268 e. The lowest BCUT2D eigenvalue weighted by Gasteiger charge is -2.24. The van der Waals surface area contributed by atoms with Gasteiger partial charge in [0.25, 0.3) is 5.91 Å². The van der Waals surface area contributed by atoms with Crippen molar-refractivity contribution in [3.8, 4) is 0 Å². The Hall–Kier alpha value is -3.34. The van der Waals surface area contributed by atoms with Crippen LogP contribution in [0.4, 0.5) is 8.78 Å². The quantitative estimate of drug-likeness (QED) is 0.349. The summed E-state index contributed by atoms with van der Waals surface area (Å²) in [4.78, 5) is 52.6. The van der Waals surface area contributed by atoms with E-state index in [-0.39, 0.29) is 41.3 Å². The summed E-state index contributed by atoms with van der Waals surface area (Å²) in [6.45, 7) is 3.34. The molecule has 0 spiro atoms. The van der Waals surface area contributed by atoms with Crippen LogP contribution in [0.3, 0.4) is 0 Å². The Labute approximate surface area is 194 Å². The van der Waals surface area contributed by atoms with Crippen LogP contribution < -0.4 is 16.0 Å². The van der Waals surface area contributed by atoms with Crippen LogP contribution in [0, 0.1) is 23.5 Å². The summed E-state index contributed by atoms with van der Waals surface area (Å²) >= 11 is 0. The third kappa shape index (κ3) is 5.96. The summed E-state index contributed by atoms with van der Waals surface area (Å²) in [5.41, 5.74) is -0.105. The van der Waals surface area contributed by atoms with Gasteiger partial charge < -0.3 is 26.0 Å². The highest BCUT2D eigenvalue weighted by atomic mass is 19.1. The molecule has 11 heteroatoms. The van der Waals surface area contributed by atoms with E-state index in [9.17, 15) is 33.1 Å². The molecule has 1 saturated heterocycles. The molecule has 3 atom stereocenters. The molecule has 1 fully saturated rings. The van der Waals surface area contributed by atoms with Gasteiger partial charge in [-0.2, -0.15) is 0 Å². The SMILES string of the molecule is CC(C)C[C@H](NC(=O)c1cc2cc(F)cc(F)c2[nH]1)C(=O)N[C@@H](C[C@@H]1CCNC1=O)C(=O)CO. The molecule has 1 aromatic carbocycles. The molecule has 0 radical (unpaired) electrons. The monoisotopic (exact) mass is 478 g/mol. The Kier molecular flexibility index (Phi) is 7.98. The van der Waals surface area contributed by atoms with Crippen molar-refractivity contribution in [1.82, 2.24) is 20.9 Å². The van der Waals surface area contributed by atoms with Crippen LogP contribution in [0.5, 0.6) is 0 Å². The summed E-state index contributed by atoms with van der Waals surface area (Å²) in [6, 6.07) is 0.903. The molecule has 3 amide bonds. The average Bonchev–Trinajstić information content (AvgIpc) is 3.38. The van der Waals surface area contributed by atoms with Gasteiger partial charge in [0.1, 0.15) is 30.0 Å². The Morgan fingerprint density at radius 3 is 2.50 bits per heavy atom. The van der Waals surface area contributed by atoms with Crippen LogP contribution in [0.15, 0.2) is 18.2 Å². The molecule has 2 aromatic rings. The number of H-pyrrole nitrogens is 1. The Balaban J connectivity index is 1.76. The van der Waals surface area contributed by atoms with Gasteiger partial charge in [-0.15, -0.1) is 0 Å². The molecule has 2 heterocycles. The van der Waals surface area contributed by atoms with Gasteiger partial charge in [-0.05, 0) is 37.3 Å². The predicted molar refractivity (Wildman–Crippen MR) is 119 cm³/mol. The molecule has 0 bridgehead atoms. The van der Waals surface area contributed by atoms with Crippen LogP contribution in [0.2, 0.25) is 0 Å². The van der Waals surface area contributed by atoms with E-state index < -0.39 is 53.8 Å². The first kappa shape index (κ1) is 25.3. The van der Waals surface area contributed by atoms with Crippen molar-refractivity contribution in [2.24, 2.45) is 11.8 Å². The third-order valence-corrected chi connectivity index (χ3v) is 5.76. The van der Waals surface area contributed by atoms with Crippen molar-refractivity contribution in [2.75, 3.05) is 13.2 Å². The molecule has 5 N–H and O–H groups in total. The number of fused-ring (bicyclic) bond motifs is 1. The number of hydrogen-bond donors (Lipinski definition) is 5. The van der Waals surface area contributed by atoms with E-state index in [0.29, 0.717) is 19.0 Å². The molecular formula is C23H28F2N4O5. The molecule has 1 aromatic heterocycles. The second kappa shape index (κ2) is 10.7. The number of aliphatic hydroxyl groups excluding tert-OH is 1. The maximum atomic E-state index is 14.0. The topological polar surface area (TPSA) is 140 Å². The lowest BCUT2D eigenvalue weighted by atomic mass is 9.95. The Morgan fingerprint density at radius 2 is 1.88 bits per heavy atom. The highest BCUT2D eigenvalue weighted by molar-refractivity contribution is 6.01. The van der Waals surface area contributed by atoms with Gasteiger partial charge in [0, 0.05) is 23.9 Å². The average molecular weight is 478 g/mol. The largest absolute Gasteiger partial charge is 0.389 e. The number of nitrogens with one attached hydrogen (secondary N) is 4. The maximum Gasteiger partial charge on any atom is 0.268 e. The van der Waals surface area contributed by atoms with E-state index in [4.69, 9.17) is 0 Å². The number of benzene rings is 1. The van der Waals surface area contributed by atoms with E-state index in [1.807, 2.05) is 13.8 Å². The van der Waals surface area contributed by atoms with Crippen molar-refractivity contribution in [3.63, 3.8) is 0 Å². The zero-order valence-electron chi connectivity index (χ0n) is 18.9. The van der Waals surface area contributed by atoms with Gasteiger partial charge in [-0.3, -0.25) is 19.2 Å². The minimum atomic E-state index is -1.09. The summed E-state index contributed by atoms with van der Waals surface area (Å²) in [6.07, 6.45) is 0.768. The molecule has 9 nitrogen and oxygen atoms in total. The molecule has 34 heavy (non-hydrogen) atoms. The van der Waals surface area contributed by atoms with Gasteiger partial charge >= 0.3 is 0 Å². The second-order valence-electron chi connectivity index (χ2n) is 8.89. The number of ketones is 1. The van der Waals surface area contributed by atoms with Crippen LogP contribution in [0.1, 0.15) is 43.6 Å². The number of amides is 3. The number of Topliss-reactive ketones (excluding diaryl/α,β-unsaturated/α-hetero) is 1. The Bertz CT molecular complexity index is 1100. The van der Waals surface area contributed by atoms with Crippen molar-refractivity contribution >= 4 is 34.4 Å². The number of aliphatic hydroxyl groups is 1. The van der Waals surface area contributed by atoms with Gasteiger partial charge in [0.15, 0.2) is 5.78 Å². The molecule has 1 aliphatic rings. The predicted octanol–water partition coefficient (Wildman–Crippen LogP) is 1.16. The van der Waals surface area contributed by atoms with Gasteiger partial charge in [-0.25, -0.2) is 8.78 Å². The van der Waals surface area contributed by atoms with E-state index in [1.165, 1.54) is 6.07 Å². The standard InChI is InChI=1S/C23H28F2N4O5/c1-11(2)5-17(22(33)28-16(19(31)10-30)7-12-3-4-26-21(12)32)29-23(34)18-8-13-6-14(24)9-15(25)20(13)27-18/h6,8-9,11-12,16-17,27,30H,3-5,7,10H2,1-2H3,(H,26,32)(H,28,33)(H,29,34)/t12-,16-,17-/m0/s1. The first-order chi connectivity index (χ1) is 16.1. The van der Waals surface area contributed by atoms with Crippen molar-refractivity contribution in [1.29, 1.82) is 0 Å². The van der Waals surface area contributed by atoms with Gasteiger partial charge in [0.2, 0.25) is 11.8 Å². The fraction of sp³-hybridized carbons (Fsp3) is 0.478. The van der Waals surface area contributed by atoms with Gasteiger partial charge in [0.05, 0.1) is 11.6 Å². The van der Waals surface area contributed by atoms with E-state index in [1.54, 1.807) is 0 Å². The number of carbonyl (C=O) groups is 4. The third-order valence-electron chi connectivity index (χ3n) is 5.76. The normalized spacial score (nSPS) is 17.5. The van der Waals surface area contributed by atoms with Crippen molar-refractivity contribution in [2.45, 2.75) is 45.2 Å². The number of aromatic nitrogens is 1. The van der Waals surface area contributed by atoms with Gasteiger partial charge in [-0.1, -0.05) is 13.8 Å². The fourth-order valence-electron chi connectivity index (χ4n) is 4.03. The van der Waals surface area contributed by atoms with Crippen LogP contribution >= 0.6 is 0 Å². The van der Waals surface area contributed by atoms with Crippen LogP contribution in [-0.2, 0) is 14.4 Å². The highest BCUT2D eigenvalue weighted by Crippen LogP contribution is 2.21. The number of hydrogen-bond acceptors (Lipinski definition) is 5. The van der Waals surface area contributed by atoms with Crippen LogP contribution in [0.25, 0.3) is 10.9 Å². The molecule has 0 aliphatic carbocycles. The van der Waals surface area contributed by atoms with Crippen molar-refractivity contribution < 1.29 is 33.1 Å². The summed E-state index contributed by atoms with van der Waals surface area (Å²) in [5.74, 6) is -4.36. The first-order valence-electron chi connectivity index (χ1n) is 11.1. The van der Waals surface area contributed by atoms with Crippen molar-refractivity contribution in [3.05, 3.63) is 35.5 Å². The molecule has 0 saturated carbocycles. The molecular weight excluding hydrogens is 450 g/mol. The highest BCUT2D eigenvalue weighted by Gasteiger charge is 2.33. The van der Waals surface area contributed by atoms with E-state index in [2.05, 4.69) is 20.9 Å². The zero-order chi connectivity index (χ0) is 25.0. The molecule has 3 rings (SSSR count). The van der Waals surface area contributed by atoms with Crippen LogP contribution in [-0.4, -0.2) is 58.8 Å². The summed E-state index contributed by atoms with van der Waals surface area (Å²) in [7, 11) is 0. The first-order valence-corrected chi connectivity index (χ1v) is 11.1. The zero-order valence-corrected chi connectivity index (χ0v) is 18.9. The van der Waals surface area contributed by atoms with E-state index in [0.717, 1.165) is 6.07 Å². The maximum absolute atomic E-state index is 14.0.